The molecule has 0 aliphatic carbocycles. The lowest BCUT2D eigenvalue weighted by atomic mass is 9.79. The van der Waals surface area contributed by atoms with Gasteiger partial charge in [-0.3, -0.25) is 9.55 Å². The molecule has 0 aliphatic heterocycles. The largest absolute Gasteiger partial charge is 0.507 e. The second kappa shape index (κ2) is 18.0. The quantitative estimate of drug-likeness (QED) is 0.157. The molecule has 0 saturated heterocycles. The van der Waals surface area contributed by atoms with Crippen LogP contribution in [0.3, 0.4) is 0 Å². The molecule has 0 aliphatic rings. The Hall–Kier alpha value is -7.82. The van der Waals surface area contributed by atoms with E-state index >= 15 is 0 Å². The number of phenols is 1. The summed E-state index contributed by atoms with van der Waals surface area (Å²) in [5, 5.41) is 12.6. The molecule has 69 heavy (non-hydrogen) atoms. The Balaban J connectivity index is 1.27. The SMILES string of the molecule is [2H]c1c([2H])c([2H])c(-c2cc(-c3cc(-c4ccc(-c5ccccc5)cc4)ccn3)cc(-c3cccc4c3nc(-c3cc(C(C)(C)C)cc(C(C)(C)C)c3O)n4-c3ccc(C([2H])(C)C)cc3-c3ccccc3)c2)c([2H])c1[2H]. The molecular weight excluding hydrogens is 839 g/mol. The third-order valence-electron chi connectivity index (χ3n) is 13.0. The molecule has 340 valence electrons. The lowest BCUT2D eigenvalue weighted by Gasteiger charge is -2.27. The van der Waals surface area contributed by atoms with Gasteiger partial charge in [0.05, 0.1) is 34.8 Å². The number of aromatic nitrogens is 3. The first-order chi connectivity index (χ1) is 35.6. The van der Waals surface area contributed by atoms with Crippen LogP contribution in [0.5, 0.6) is 5.75 Å². The van der Waals surface area contributed by atoms with Gasteiger partial charge in [0.15, 0.2) is 0 Å². The van der Waals surface area contributed by atoms with Crippen LogP contribution in [0.15, 0.2) is 200 Å². The van der Waals surface area contributed by atoms with Crippen molar-refractivity contribution in [2.45, 2.75) is 72.1 Å². The van der Waals surface area contributed by atoms with E-state index in [1.165, 1.54) is 0 Å². The second-order valence-electron chi connectivity index (χ2n) is 20.1. The number of nitrogens with zero attached hydrogens (tertiary/aromatic N) is 3. The summed E-state index contributed by atoms with van der Waals surface area (Å²) in [4.78, 5) is 10.5. The van der Waals surface area contributed by atoms with E-state index < -0.39 is 29.4 Å². The minimum atomic E-state index is -0.902. The number of imidazole rings is 1. The smallest absolute Gasteiger partial charge is 0.149 e. The zero-order valence-corrected chi connectivity index (χ0v) is 40.5. The Morgan fingerprint density at radius 3 is 1.83 bits per heavy atom. The van der Waals surface area contributed by atoms with Gasteiger partial charge < -0.3 is 5.11 Å². The molecule has 10 rings (SSSR count). The predicted molar refractivity (Wildman–Crippen MR) is 290 cm³/mol. The van der Waals surface area contributed by atoms with Gasteiger partial charge in [-0.2, -0.15) is 0 Å². The lowest BCUT2D eigenvalue weighted by molar-refractivity contribution is 0.446. The van der Waals surface area contributed by atoms with E-state index in [-0.39, 0.29) is 28.8 Å². The van der Waals surface area contributed by atoms with E-state index in [1.54, 1.807) is 6.20 Å². The monoisotopic (exact) mass is 904 g/mol. The van der Waals surface area contributed by atoms with Crippen LogP contribution in [0.1, 0.15) is 86.2 Å². The Morgan fingerprint density at radius 1 is 0.522 bits per heavy atom. The van der Waals surface area contributed by atoms with Crippen LogP contribution in [0.25, 0.3) is 95.0 Å². The van der Waals surface area contributed by atoms with Gasteiger partial charge in [0.25, 0.3) is 0 Å². The summed E-state index contributed by atoms with van der Waals surface area (Å²) in [5.41, 5.74) is 13.8. The molecule has 2 aromatic heterocycles. The van der Waals surface area contributed by atoms with Crippen LogP contribution in [-0.2, 0) is 10.8 Å². The molecule has 0 atom stereocenters. The Bertz CT molecular complexity index is 3800. The van der Waals surface area contributed by atoms with Gasteiger partial charge >= 0.3 is 0 Å². The van der Waals surface area contributed by atoms with E-state index in [9.17, 15) is 5.11 Å². The maximum atomic E-state index is 12.6. The van der Waals surface area contributed by atoms with Crippen molar-refractivity contribution in [1.82, 2.24) is 14.5 Å². The van der Waals surface area contributed by atoms with Crippen molar-refractivity contribution in [3.63, 3.8) is 0 Å². The fourth-order valence-corrected chi connectivity index (χ4v) is 9.18. The van der Waals surface area contributed by atoms with Gasteiger partial charge in [0.1, 0.15) is 11.6 Å². The van der Waals surface area contributed by atoms with Crippen molar-refractivity contribution in [3.8, 4) is 89.7 Å². The summed E-state index contributed by atoms with van der Waals surface area (Å²) >= 11 is 0. The Labute approximate surface area is 416 Å². The van der Waals surface area contributed by atoms with Crippen LogP contribution < -0.4 is 0 Å². The molecule has 0 amide bonds. The van der Waals surface area contributed by atoms with Gasteiger partial charge in [-0.15, -0.1) is 0 Å². The topological polar surface area (TPSA) is 50.9 Å². The highest BCUT2D eigenvalue weighted by molar-refractivity contribution is 5.98. The van der Waals surface area contributed by atoms with Crippen LogP contribution in [0.2, 0.25) is 0 Å². The van der Waals surface area contributed by atoms with Crippen molar-refractivity contribution >= 4 is 11.0 Å². The van der Waals surface area contributed by atoms with E-state index in [4.69, 9.17) is 18.2 Å². The number of hydrogen-bond acceptors (Lipinski definition) is 3. The summed E-state index contributed by atoms with van der Waals surface area (Å²) in [5.74, 6) is -0.262. The van der Waals surface area contributed by atoms with Crippen molar-refractivity contribution in [1.29, 1.82) is 0 Å². The number of rotatable bonds is 9. The molecule has 4 nitrogen and oxygen atoms in total. The molecule has 0 unspecified atom stereocenters. The maximum Gasteiger partial charge on any atom is 0.149 e. The molecule has 0 radical (unpaired) electrons. The number of fused-ring (bicyclic) bond motifs is 1. The van der Waals surface area contributed by atoms with E-state index in [1.807, 2.05) is 111 Å². The first-order valence-electron chi connectivity index (χ1n) is 26.5. The highest BCUT2D eigenvalue weighted by atomic mass is 16.3. The third-order valence-corrected chi connectivity index (χ3v) is 13.0. The van der Waals surface area contributed by atoms with E-state index in [2.05, 4.69) is 113 Å². The number of aromatic hydroxyl groups is 1. The first kappa shape index (κ1) is 38.2. The Morgan fingerprint density at radius 2 is 1.16 bits per heavy atom. The fraction of sp³-hybridized carbons (Fsp3) is 0.169. The number of para-hydroxylation sites is 1. The van der Waals surface area contributed by atoms with Crippen molar-refractivity contribution < 1.29 is 13.3 Å². The zero-order valence-electron chi connectivity index (χ0n) is 46.5. The normalized spacial score (nSPS) is 13.3. The average molecular weight is 904 g/mol. The summed E-state index contributed by atoms with van der Waals surface area (Å²) < 4.78 is 55.4. The molecule has 0 bridgehead atoms. The van der Waals surface area contributed by atoms with Crippen LogP contribution in [0, 0.1) is 0 Å². The average Bonchev–Trinajstić information content (AvgIpc) is 3.80. The summed E-state index contributed by atoms with van der Waals surface area (Å²) in [6, 6.07) is 52.8. The lowest BCUT2D eigenvalue weighted by Crippen LogP contribution is -2.17. The van der Waals surface area contributed by atoms with Gasteiger partial charge in [-0.05, 0) is 127 Å². The van der Waals surface area contributed by atoms with Crippen LogP contribution >= 0.6 is 0 Å². The number of hydrogen-bond donors (Lipinski definition) is 1. The first-order valence-corrected chi connectivity index (χ1v) is 23.5. The van der Waals surface area contributed by atoms with Gasteiger partial charge in [-0.1, -0.05) is 195 Å². The zero-order chi connectivity index (χ0) is 53.3. The molecule has 4 heteroatoms. The molecule has 0 saturated carbocycles. The van der Waals surface area contributed by atoms with E-state index in [0.717, 1.165) is 61.3 Å². The molecule has 0 fully saturated rings. The number of benzene rings is 8. The van der Waals surface area contributed by atoms with Crippen molar-refractivity contribution in [2.24, 2.45) is 0 Å². The third kappa shape index (κ3) is 8.91. The minimum absolute atomic E-state index is 0.0682. The molecular formula is C65H59N3O. The molecule has 2 heterocycles. The maximum absolute atomic E-state index is 12.6. The standard InChI is InChI=1S/C65H59N3O/c1-42(2)48-31-32-59(55(38-48)47-23-16-11-17-24-47)68-60-26-18-25-54(61(60)67-63(68)56-40-53(64(3,4)5)41-57(62(56)69)65(6,7)8)51-35-50(44-21-14-10-15-22-44)36-52(37-51)58-39-49(33-34-66-58)46-29-27-45(28-30-46)43-19-12-9-13-20-43/h9-42,69H,1-8H3/i10D,14D,15D,21D,22D,42D. The minimum Gasteiger partial charge on any atom is -0.507 e. The molecule has 8 aromatic carbocycles. The fourth-order valence-electron chi connectivity index (χ4n) is 9.18. The number of pyridine rings is 1. The highest BCUT2D eigenvalue weighted by Gasteiger charge is 2.29. The number of phenolic OH excluding ortho intramolecular Hbond substituents is 1. The van der Waals surface area contributed by atoms with Gasteiger partial charge in [-0.25, -0.2) is 4.98 Å². The van der Waals surface area contributed by atoms with Gasteiger partial charge in [0.2, 0.25) is 0 Å². The van der Waals surface area contributed by atoms with Crippen molar-refractivity contribution in [2.75, 3.05) is 0 Å². The van der Waals surface area contributed by atoms with Crippen LogP contribution in [0.4, 0.5) is 0 Å². The van der Waals surface area contributed by atoms with Crippen molar-refractivity contribution in [3.05, 3.63) is 217 Å². The van der Waals surface area contributed by atoms with Gasteiger partial charge in [0, 0.05) is 29.8 Å². The molecule has 0 spiro atoms. The molecule has 1 N–H and O–H groups in total. The predicted octanol–water partition coefficient (Wildman–Crippen LogP) is 17.5. The summed E-state index contributed by atoms with van der Waals surface area (Å²) in [6.45, 7) is 16.5. The Kier molecular flexibility index (Phi) is 9.97. The van der Waals surface area contributed by atoms with Crippen LogP contribution in [-0.4, -0.2) is 19.6 Å². The second-order valence-corrected chi connectivity index (χ2v) is 20.1. The van der Waals surface area contributed by atoms with E-state index in [0.29, 0.717) is 44.9 Å². The highest BCUT2D eigenvalue weighted by Crippen LogP contribution is 2.46. The summed E-state index contributed by atoms with van der Waals surface area (Å²) in [6.07, 6.45) is 1.77. The molecule has 10 aromatic rings. The summed E-state index contributed by atoms with van der Waals surface area (Å²) in [7, 11) is 0.